The Morgan fingerprint density at radius 2 is 1.69 bits per heavy atom. The third-order valence-electron chi connectivity index (χ3n) is 5.08. The number of fused-ring (bicyclic) bond motifs is 2. The quantitative estimate of drug-likeness (QED) is 0.691. The molecule has 4 rings (SSSR count). The molecule has 1 nitrogen and oxygen atoms in total. The van der Waals surface area contributed by atoms with Gasteiger partial charge in [0, 0.05) is 18.3 Å². The van der Waals surface area contributed by atoms with Crippen molar-refractivity contribution in [3.8, 4) is 0 Å². The average molecular weight is 213 g/mol. The minimum Gasteiger partial charge on any atom is -0.368 e. The van der Waals surface area contributed by atoms with Crippen LogP contribution in [0.1, 0.15) is 25.7 Å². The molecule has 0 amide bonds. The van der Waals surface area contributed by atoms with Crippen molar-refractivity contribution in [2.75, 3.05) is 11.4 Å². The number of rotatable bonds is 1. The van der Waals surface area contributed by atoms with Gasteiger partial charge >= 0.3 is 0 Å². The van der Waals surface area contributed by atoms with Gasteiger partial charge in [-0.25, -0.2) is 0 Å². The lowest BCUT2D eigenvalue weighted by molar-refractivity contribution is 0.242. The van der Waals surface area contributed by atoms with Crippen molar-refractivity contribution >= 4 is 5.69 Å². The second kappa shape index (κ2) is 3.26. The highest BCUT2D eigenvalue weighted by atomic mass is 15.2. The zero-order valence-electron chi connectivity index (χ0n) is 9.68. The summed E-state index contributed by atoms with van der Waals surface area (Å²) in [5.74, 6) is 3.13. The van der Waals surface area contributed by atoms with E-state index in [9.17, 15) is 0 Å². The summed E-state index contributed by atoms with van der Waals surface area (Å²) in [5, 5.41) is 0. The Morgan fingerprint density at radius 1 is 0.875 bits per heavy atom. The summed E-state index contributed by atoms with van der Waals surface area (Å²) < 4.78 is 0. The lowest BCUT2D eigenvalue weighted by Crippen LogP contribution is -2.46. The number of benzene rings is 1. The van der Waals surface area contributed by atoms with Crippen LogP contribution in [-0.2, 0) is 0 Å². The number of hydrogen-bond acceptors (Lipinski definition) is 1. The molecule has 1 heterocycles. The molecule has 1 aromatic carbocycles. The summed E-state index contributed by atoms with van der Waals surface area (Å²) in [6.45, 7) is 1.33. The number of para-hydroxylation sites is 1. The second-order valence-electron chi connectivity index (χ2n) is 5.97. The lowest BCUT2D eigenvalue weighted by Gasteiger charge is -2.44. The van der Waals surface area contributed by atoms with Gasteiger partial charge in [-0.15, -0.1) is 0 Å². The predicted molar refractivity (Wildman–Crippen MR) is 66.5 cm³/mol. The fourth-order valence-electron chi connectivity index (χ4n) is 4.46. The van der Waals surface area contributed by atoms with Gasteiger partial charge < -0.3 is 4.90 Å². The van der Waals surface area contributed by atoms with Gasteiger partial charge in [0.05, 0.1) is 0 Å². The first-order valence-corrected chi connectivity index (χ1v) is 6.72. The van der Waals surface area contributed by atoms with Gasteiger partial charge in [0.25, 0.3) is 0 Å². The highest BCUT2D eigenvalue weighted by molar-refractivity contribution is 5.48. The van der Waals surface area contributed by atoms with Crippen LogP contribution in [0.2, 0.25) is 0 Å². The van der Waals surface area contributed by atoms with Crippen molar-refractivity contribution in [2.45, 2.75) is 31.7 Å². The molecule has 1 saturated heterocycles. The molecule has 0 spiro atoms. The third kappa shape index (κ3) is 1.24. The van der Waals surface area contributed by atoms with Crippen LogP contribution in [0, 0.1) is 17.8 Å². The largest absolute Gasteiger partial charge is 0.368 e. The first-order chi connectivity index (χ1) is 7.90. The van der Waals surface area contributed by atoms with Crippen molar-refractivity contribution in [2.24, 2.45) is 17.8 Å². The van der Waals surface area contributed by atoms with Crippen molar-refractivity contribution in [3.05, 3.63) is 30.3 Å². The number of piperidine rings is 1. The topological polar surface area (TPSA) is 3.24 Å². The van der Waals surface area contributed by atoms with Gasteiger partial charge in [-0.1, -0.05) is 18.2 Å². The molecule has 16 heavy (non-hydrogen) atoms. The molecule has 3 aliphatic rings. The van der Waals surface area contributed by atoms with Crippen LogP contribution in [0.3, 0.4) is 0 Å². The van der Waals surface area contributed by atoms with Crippen molar-refractivity contribution in [3.63, 3.8) is 0 Å². The number of nitrogens with zero attached hydrogens (tertiary/aromatic N) is 1. The smallest absolute Gasteiger partial charge is 0.0368 e. The molecule has 1 heteroatoms. The molecule has 1 aliphatic heterocycles. The van der Waals surface area contributed by atoms with Crippen molar-refractivity contribution < 1.29 is 0 Å². The molecule has 3 bridgehead atoms. The molecule has 84 valence electrons. The summed E-state index contributed by atoms with van der Waals surface area (Å²) in [6, 6.07) is 11.9. The third-order valence-corrected chi connectivity index (χ3v) is 5.08. The summed E-state index contributed by atoms with van der Waals surface area (Å²) >= 11 is 0. The zero-order valence-corrected chi connectivity index (χ0v) is 9.68. The summed E-state index contributed by atoms with van der Waals surface area (Å²) in [5.41, 5.74) is 1.46. The maximum atomic E-state index is 2.69. The monoisotopic (exact) mass is 213 g/mol. The predicted octanol–water partition coefficient (Wildman–Crippen LogP) is 3.31. The summed E-state index contributed by atoms with van der Waals surface area (Å²) in [4.78, 5) is 2.69. The maximum absolute atomic E-state index is 2.69. The first kappa shape index (κ1) is 9.09. The van der Waals surface area contributed by atoms with E-state index in [1.165, 1.54) is 31.5 Å². The van der Waals surface area contributed by atoms with E-state index in [-0.39, 0.29) is 0 Å². The second-order valence-corrected chi connectivity index (χ2v) is 5.97. The molecule has 1 aromatic rings. The van der Waals surface area contributed by atoms with E-state index in [0.29, 0.717) is 0 Å². The normalized spacial score (nSPS) is 40.4. The van der Waals surface area contributed by atoms with Crippen LogP contribution in [0.5, 0.6) is 0 Å². The molecular formula is C15H19N. The van der Waals surface area contributed by atoms with Crippen LogP contribution in [0.4, 0.5) is 5.69 Å². The summed E-state index contributed by atoms with van der Waals surface area (Å²) in [7, 11) is 0. The van der Waals surface area contributed by atoms with Gasteiger partial charge in [0.15, 0.2) is 0 Å². The lowest BCUT2D eigenvalue weighted by atomic mass is 9.79. The minimum absolute atomic E-state index is 0.852. The standard InChI is InChI=1S/C15H19N/c1-2-4-14(5-3-1)16-10-13-7-11-6-12(13)9-15(16)8-11/h1-5,11-13,15H,6-10H2. The van der Waals surface area contributed by atoms with Gasteiger partial charge in [0.2, 0.25) is 0 Å². The Hall–Kier alpha value is -0.980. The molecule has 0 radical (unpaired) electrons. The maximum Gasteiger partial charge on any atom is 0.0368 e. The van der Waals surface area contributed by atoms with E-state index in [1.54, 1.807) is 6.42 Å². The van der Waals surface area contributed by atoms with Crippen LogP contribution in [0.25, 0.3) is 0 Å². The minimum atomic E-state index is 0.852. The van der Waals surface area contributed by atoms with Gasteiger partial charge in [-0.2, -0.15) is 0 Å². The number of anilines is 1. The molecule has 3 fully saturated rings. The number of hydrogen-bond donors (Lipinski definition) is 0. The fourth-order valence-corrected chi connectivity index (χ4v) is 4.46. The first-order valence-electron chi connectivity index (χ1n) is 6.72. The van der Waals surface area contributed by atoms with E-state index >= 15 is 0 Å². The Kier molecular flexibility index (Phi) is 1.85. The Balaban J connectivity index is 1.67. The highest BCUT2D eigenvalue weighted by Crippen LogP contribution is 2.51. The summed E-state index contributed by atoms with van der Waals surface area (Å²) in [6.07, 6.45) is 5.99. The van der Waals surface area contributed by atoms with Crippen LogP contribution >= 0.6 is 0 Å². The van der Waals surface area contributed by atoms with Crippen molar-refractivity contribution in [1.29, 1.82) is 0 Å². The molecule has 4 unspecified atom stereocenters. The molecular weight excluding hydrogens is 194 g/mol. The van der Waals surface area contributed by atoms with E-state index in [1.807, 2.05) is 0 Å². The van der Waals surface area contributed by atoms with Crippen molar-refractivity contribution in [1.82, 2.24) is 0 Å². The van der Waals surface area contributed by atoms with Crippen LogP contribution in [0.15, 0.2) is 30.3 Å². The Labute approximate surface area is 97.5 Å². The van der Waals surface area contributed by atoms with Gasteiger partial charge in [-0.05, 0) is 55.6 Å². The molecule has 2 aliphatic carbocycles. The van der Waals surface area contributed by atoms with E-state index in [4.69, 9.17) is 0 Å². The Morgan fingerprint density at radius 3 is 2.56 bits per heavy atom. The zero-order chi connectivity index (χ0) is 10.5. The molecule has 0 aromatic heterocycles. The Bertz CT molecular complexity index is 384. The van der Waals surface area contributed by atoms with Crippen LogP contribution in [-0.4, -0.2) is 12.6 Å². The SMILES string of the molecule is c1ccc(N2CC3CC4CC3CC2C4)cc1. The van der Waals surface area contributed by atoms with E-state index in [2.05, 4.69) is 35.2 Å². The fraction of sp³-hybridized carbons (Fsp3) is 0.600. The van der Waals surface area contributed by atoms with E-state index in [0.717, 1.165) is 23.8 Å². The highest BCUT2D eigenvalue weighted by Gasteiger charge is 2.47. The average Bonchev–Trinajstić information content (AvgIpc) is 2.52. The van der Waals surface area contributed by atoms with Gasteiger partial charge in [0.1, 0.15) is 0 Å². The molecule has 0 N–H and O–H groups in total. The molecule has 2 saturated carbocycles. The van der Waals surface area contributed by atoms with Gasteiger partial charge in [-0.3, -0.25) is 0 Å². The van der Waals surface area contributed by atoms with E-state index < -0.39 is 0 Å². The molecule has 4 atom stereocenters. The van der Waals surface area contributed by atoms with Crippen LogP contribution < -0.4 is 4.90 Å².